The Hall–Kier alpha value is -1.44. The van der Waals surface area contributed by atoms with Gasteiger partial charge in [0.2, 0.25) is 0 Å². The number of carboxylic acid groups (broad SMARTS) is 1. The normalized spacial score (nSPS) is 14.1. The van der Waals surface area contributed by atoms with Crippen molar-refractivity contribution in [2.24, 2.45) is 5.73 Å². The molecule has 0 aliphatic rings. The van der Waals surface area contributed by atoms with Crippen molar-refractivity contribution in [2.45, 2.75) is 17.9 Å². The molecule has 0 radical (unpaired) electrons. The van der Waals surface area contributed by atoms with Gasteiger partial charge < -0.3 is 20.1 Å². The van der Waals surface area contributed by atoms with Gasteiger partial charge in [0.05, 0.1) is 0 Å². The fraction of sp³-hybridized carbons (Fsp3) is 0.300. The summed E-state index contributed by atoms with van der Waals surface area (Å²) in [6.07, 6.45) is 0. The lowest BCUT2D eigenvalue weighted by Crippen LogP contribution is -2.36. The first-order valence-corrected chi connectivity index (χ1v) is 5.80. The van der Waals surface area contributed by atoms with E-state index in [9.17, 15) is 13.6 Å². The Labute approximate surface area is 101 Å². The fourth-order valence-electron chi connectivity index (χ4n) is 1.14. The largest absolute Gasteiger partial charge is 0.768 e. The molecule has 0 heterocycles. The second-order valence-electron chi connectivity index (χ2n) is 3.42. The van der Waals surface area contributed by atoms with E-state index in [0.29, 0.717) is 11.3 Å². The fourth-order valence-corrected chi connectivity index (χ4v) is 1.59. The predicted octanol–water partition coefficient (Wildman–Crippen LogP) is 0.0237. The number of carbonyl (C=O) groups is 1. The third kappa shape index (κ3) is 3.81. The minimum atomic E-state index is -2.29. The molecule has 6 nitrogen and oxygen atoms in total. The topological polar surface area (TPSA) is 113 Å². The zero-order chi connectivity index (χ0) is 13.0. The van der Waals surface area contributed by atoms with Gasteiger partial charge in [-0.15, -0.1) is 0 Å². The Kier molecular flexibility index (Phi) is 4.62. The number of benzene rings is 1. The lowest BCUT2D eigenvalue weighted by atomic mass is 10.2. The highest BCUT2D eigenvalue weighted by atomic mass is 32.2. The third-order valence-electron chi connectivity index (χ3n) is 2.07. The minimum Gasteiger partial charge on any atom is -0.768 e. The van der Waals surface area contributed by atoms with Gasteiger partial charge in [-0.3, -0.25) is 9.00 Å². The van der Waals surface area contributed by atoms with Crippen LogP contribution >= 0.6 is 0 Å². The molecule has 0 aliphatic heterocycles. The number of aliphatic carboxylic acids is 1. The van der Waals surface area contributed by atoms with E-state index in [1.807, 2.05) is 0 Å². The first-order chi connectivity index (χ1) is 7.91. The molecule has 0 saturated carbocycles. The van der Waals surface area contributed by atoms with E-state index >= 15 is 0 Å². The Balaban J connectivity index is 2.73. The number of hydrogen-bond acceptors (Lipinski definition) is 5. The maximum Gasteiger partial charge on any atom is 0.324 e. The first-order valence-electron chi connectivity index (χ1n) is 4.73. The van der Waals surface area contributed by atoms with E-state index in [2.05, 4.69) is 0 Å². The van der Waals surface area contributed by atoms with Gasteiger partial charge >= 0.3 is 5.97 Å². The van der Waals surface area contributed by atoms with E-state index in [-0.39, 0.29) is 11.5 Å². The highest BCUT2D eigenvalue weighted by Crippen LogP contribution is 2.20. The summed E-state index contributed by atoms with van der Waals surface area (Å²) in [5.41, 5.74) is 5.87. The molecule has 0 saturated heterocycles. The maximum absolute atomic E-state index is 10.7. The van der Waals surface area contributed by atoms with Crippen molar-refractivity contribution in [1.82, 2.24) is 0 Å². The quantitative estimate of drug-likeness (QED) is 0.720. The molecule has 3 N–H and O–H groups in total. The summed E-state index contributed by atoms with van der Waals surface area (Å²) in [5, 5.41) is 8.56. The second kappa shape index (κ2) is 5.76. The summed E-state index contributed by atoms with van der Waals surface area (Å²) in [4.78, 5) is 10.6. The van der Waals surface area contributed by atoms with Crippen molar-refractivity contribution in [3.05, 3.63) is 23.8 Å². The second-order valence-corrected chi connectivity index (χ2v) is 4.36. The molecule has 0 fully saturated rings. The minimum absolute atomic E-state index is 0.150. The highest BCUT2D eigenvalue weighted by Gasteiger charge is 2.12. The monoisotopic (exact) mass is 258 g/mol. The van der Waals surface area contributed by atoms with Gasteiger partial charge in [-0.25, -0.2) is 0 Å². The van der Waals surface area contributed by atoms with Crippen LogP contribution in [-0.4, -0.2) is 32.5 Å². The van der Waals surface area contributed by atoms with Gasteiger partial charge in [0, 0.05) is 4.90 Å². The summed E-state index contributed by atoms with van der Waals surface area (Å²) in [7, 11) is 0. The van der Waals surface area contributed by atoms with Crippen LogP contribution in [0.2, 0.25) is 0 Å². The lowest BCUT2D eigenvalue weighted by Gasteiger charge is -2.13. The third-order valence-corrected chi connectivity index (χ3v) is 2.71. The van der Waals surface area contributed by atoms with Crippen LogP contribution in [0.4, 0.5) is 0 Å². The summed E-state index contributed by atoms with van der Waals surface area (Å²) >= 11 is -2.29. The molecule has 2 atom stereocenters. The molecule has 7 heteroatoms. The zero-order valence-electron chi connectivity index (χ0n) is 9.08. The molecule has 17 heavy (non-hydrogen) atoms. The first kappa shape index (κ1) is 13.6. The van der Waals surface area contributed by atoms with Crippen molar-refractivity contribution in [1.29, 1.82) is 0 Å². The lowest BCUT2D eigenvalue weighted by molar-refractivity contribution is -0.139. The van der Waals surface area contributed by atoms with Gasteiger partial charge in [-0.2, -0.15) is 0 Å². The number of carboxylic acids is 1. The van der Waals surface area contributed by atoms with Gasteiger partial charge in [-0.05, 0) is 41.8 Å². The molecule has 1 aromatic carbocycles. The molecule has 0 aliphatic carbocycles. The molecule has 94 valence electrons. The maximum atomic E-state index is 10.7. The SMILES string of the molecule is Cc1cc(S(=O)[O-])ccc1OCC(N)C(=O)O. The average Bonchev–Trinajstić information content (AvgIpc) is 2.26. The molecular formula is C10H12NO5S-. The Morgan fingerprint density at radius 3 is 2.76 bits per heavy atom. The number of aryl methyl sites for hydroxylation is 1. The number of hydrogen-bond donors (Lipinski definition) is 2. The van der Waals surface area contributed by atoms with Crippen molar-refractivity contribution >= 4 is 17.0 Å². The molecule has 1 aromatic rings. The van der Waals surface area contributed by atoms with Gasteiger partial charge in [0.1, 0.15) is 18.4 Å². The van der Waals surface area contributed by atoms with Crippen molar-refractivity contribution in [3.63, 3.8) is 0 Å². The van der Waals surface area contributed by atoms with Crippen LogP contribution in [0.5, 0.6) is 5.75 Å². The van der Waals surface area contributed by atoms with Crippen LogP contribution in [0.3, 0.4) is 0 Å². The summed E-state index contributed by atoms with van der Waals surface area (Å²) in [6.45, 7) is 1.49. The Morgan fingerprint density at radius 1 is 1.65 bits per heavy atom. The summed E-state index contributed by atoms with van der Waals surface area (Å²) in [5.74, 6) is -0.740. The molecule has 0 aromatic heterocycles. The molecule has 0 amide bonds. The van der Waals surface area contributed by atoms with Crippen LogP contribution in [0.25, 0.3) is 0 Å². The van der Waals surface area contributed by atoms with Crippen LogP contribution < -0.4 is 10.5 Å². The standard InChI is InChI=1S/C10H13NO5S/c1-6-4-7(17(14)15)2-3-9(6)16-5-8(11)10(12)13/h2-4,8H,5,11H2,1H3,(H,12,13)(H,14,15)/p-1. The molecule has 1 rings (SSSR count). The molecular weight excluding hydrogens is 246 g/mol. The highest BCUT2D eigenvalue weighted by molar-refractivity contribution is 7.79. The van der Waals surface area contributed by atoms with E-state index in [4.69, 9.17) is 15.6 Å². The van der Waals surface area contributed by atoms with Crippen molar-refractivity contribution < 1.29 is 23.4 Å². The van der Waals surface area contributed by atoms with E-state index in [0.717, 1.165) is 0 Å². The Bertz CT molecular complexity index is 448. The predicted molar refractivity (Wildman–Crippen MR) is 59.5 cm³/mol. The van der Waals surface area contributed by atoms with Crippen molar-refractivity contribution in [2.75, 3.05) is 6.61 Å². The van der Waals surface area contributed by atoms with Crippen molar-refractivity contribution in [3.8, 4) is 5.75 Å². The van der Waals surface area contributed by atoms with Crippen LogP contribution in [0.1, 0.15) is 5.56 Å². The number of nitrogens with two attached hydrogens (primary N) is 1. The zero-order valence-corrected chi connectivity index (χ0v) is 9.90. The average molecular weight is 258 g/mol. The van der Waals surface area contributed by atoms with E-state index < -0.39 is 23.1 Å². The number of ether oxygens (including phenoxy) is 1. The van der Waals surface area contributed by atoms with E-state index in [1.54, 1.807) is 6.92 Å². The molecule has 0 bridgehead atoms. The van der Waals surface area contributed by atoms with Gasteiger partial charge in [0.15, 0.2) is 0 Å². The van der Waals surface area contributed by atoms with Crippen LogP contribution in [-0.2, 0) is 15.9 Å². The summed E-state index contributed by atoms with van der Waals surface area (Å²) in [6, 6.07) is 3.17. The molecule has 2 unspecified atom stereocenters. The summed E-state index contributed by atoms with van der Waals surface area (Å²) < 4.78 is 26.6. The smallest absolute Gasteiger partial charge is 0.324 e. The number of rotatable bonds is 5. The molecule has 0 spiro atoms. The van der Waals surface area contributed by atoms with E-state index in [1.165, 1.54) is 18.2 Å². The van der Waals surface area contributed by atoms with Crippen LogP contribution in [0, 0.1) is 6.92 Å². The van der Waals surface area contributed by atoms with Crippen LogP contribution in [0.15, 0.2) is 23.1 Å². The van der Waals surface area contributed by atoms with Gasteiger partial charge in [0.25, 0.3) is 0 Å². The van der Waals surface area contributed by atoms with Gasteiger partial charge in [-0.1, -0.05) is 0 Å². The Morgan fingerprint density at radius 2 is 2.29 bits per heavy atom.